The van der Waals surface area contributed by atoms with Gasteiger partial charge in [-0.15, -0.1) is 0 Å². The molecule has 0 spiro atoms. The van der Waals surface area contributed by atoms with Crippen molar-refractivity contribution in [2.45, 2.75) is 20.0 Å². The Hall–Kier alpha value is -1.12. The van der Waals surface area contributed by atoms with Crippen LogP contribution < -0.4 is 5.73 Å². The van der Waals surface area contributed by atoms with E-state index in [1.807, 2.05) is 24.3 Å². The molecule has 16 heavy (non-hydrogen) atoms. The molecule has 2 N–H and O–H groups in total. The van der Waals surface area contributed by atoms with Crippen LogP contribution in [0, 0.1) is 5.92 Å². The van der Waals surface area contributed by atoms with Crippen molar-refractivity contribution in [1.82, 2.24) is 0 Å². The third-order valence-corrected chi connectivity index (χ3v) is 2.49. The predicted octanol–water partition coefficient (Wildman–Crippen LogP) is 2.70. The van der Waals surface area contributed by atoms with Gasteiger partial charge in [0.25, 0.3) is 0 Å². The number of nitrogens with two attached hydrogens (primary N) is 1. The number of rotatable bonds is 6. The first-order valence-corrected chi connectivity index (χ1v) is 5.77. The first-order valence-electron chi connectivity index (χ1n) is 5.77. The maximum absolute atomic E-state index is 5.66. The fourth-order valence-electron chi connectivity index (χ4n) is 1.46. The fraction of sp³-hybridized carbons (Fsp3) is 0.429. The molecular weight excluding hydrogens is 198 g/mol. The molecule has 0 aliphatic heterocycles. The minimum Gasteiger partial charge on any atom is -0.373 e. The van der Waals surface area contributed by atoms with Gasteiger partial charge in [0.2, 0.25) is 0 Å². The van der Waals surface area contributed by atoms with E-state index < -0.39 is 0 Å². The van der Waals surface area contributed by atoms with Crippen LogP contribution in [0.4, 0.5) is 0 Å². The molecule has 0 aliphatic rings. The average molecular weight is 219 g/mol. The molecule has 0 radical (unpaired) electrons. The molecule has 0 saturated heterocycles. The second kappa shape index (κ2) is 7.20. The summed E-state index contributed by atoms with van der Waals surface area (Å²) in [5, 5.41) is 0. The summed E-state index contributed by atoms with van der Waals surface area (Å²) in [6.07, 6.45) is 4.24. The Balaban J connectivity index is 2.32. The largest absolute Gasteiger partial charge is 0.373 e. The van der Waals surface area contributed by atoms with E-state index in [0.717, 1.165) is 0 Å². The molecule has 1 aromatic carbocycles. The Morgan fingerprint density at radius 1 is 1.25 bits per heavy atom. The molecule has 1 aromatic rings. The Morgan fingerprint density at radius 2 is 1.94 bits per heavy atom. The predicted molar refractivity (Wildman–Crippen MR) is 69.1 cm³/mol. The zero-order valence-electron chi connectivity index (χ0n) is 10.1. The lowest BCUT2D eigenvalue weighted by atomic mass is 10.1. The van der Waals surface area contributed by atoms with Crippen molar-refractivity contribution < 1.29 is 4.74 Å². The van der Waals surface area contributed by atoms with E-state index in [4.69, 9.17) is 10.5 Å². The van der Waals surface area contributed by atoms with Crippen LogP contribution in [0.2, 0.25) is 0 Å². The molecule has 2 nitrogen and oxygen atoms in total. The molecule has 1 atom stereocenters. The Kier molecular flexibility index (Phi) is 5.83. The molecule has 0 aromatic heterocycles. The smallest absolute Gasteiger partial charge is 0.0724 e. The highest BCUT2D eigenvalue weighted by Gasteiger charge is 2.09. The first-order chi connectivity index (χ1) is 7.74. The quantitative estimate of drug-likeness (QED) is 0.798. The normalized spacial score (nSPS) is 13.5. The third-order valence-electron chi connectivity index (χ3n) is 2.49. The zero-order valence-corrected chi connectivity index (χ0v) is 10.1. The van der Waals surface area contributed by atoms with E-state index in [1.54, 1.807) is 0 Å². The van der Waals surface area contributed by atoms with Crippen molar-refractivity contribution in [3.8, 4) is 0 Å². The number of ether oxygens (including phenoxy) is 1. The fourth-order valence-corrected chi connectivity index (χ4v) is 1.46. The lowest BCUT2D eigenvalue weighted by Gasteiger charge is -2.18. The van der Waals surface area contributed by atoms with E-state index in [0.29, 0.717) is 19.1 Å². The van der Waals surface area contributed by atoms with Gasteiger partial charge in [0.05, 0.1) is 12.7 Å². The summed E-state index contributed by atoms with van der Waals surface area (Å²) in [4.78, 5) is 0. The van der Waals surface area contributed by atoms with Crippen LogP contribution >= 0.6 is 0 Å². The maximum Gasteiger partial charge on any atom is 0.0724 e. The van der Waals surface area contributed by atoms with Gasteiger partial charge in [-0.2, -0.15) is 0 Å². The Morgan fingerprint density at radius 3 is 2.50 bits per heavy atom. The van der Waals surface area contributed by atoms with E-state index in [9.17, 15) is 0 Å². The first kappa shape index (κ1) is 12.9. The molecule has 0 heterocycles. The molecule has 1 rings (SSSR count). The number of hydrogen-bond acceptors (Lipinski definition) is 2. The monoisotopic (exact) mass is 219 g/mol. The van der Waals surface area contributed by atoms with E-state index in [-0.39, 0.29) is 6.10 Å². The second-order valence-electron chi connectivity index (χ2n) is 4.16. The Labute approximate surface area is 98.1 Å². The van der Waals surface area contributed by atoms with Crippen LogP contribution in [-0.2, 0) is 4.74 Å². The number of hydrogen-bond donors (Lipinski definition) is 1. The molecule has 1 unspecified atom stereocenters. The Bertz CT molecular complexity index is 306. The molecule has 0 bridgehead atoms. The van der Waals surface area contributed by atoms with Crippen LogP contribution in [-0.4, -0.2) is 19.3 Å². The molecule has 0 amide bonds. The summed E-state index contributed by atoms with van der Waals surface area (Å²) in [5.74, 6) is 0.468. The summed E-state index contributed by atoms with van der Waals surface area (Å²) in [7, 11) is 0. The highest BCUT2D eigenvalue weighted by atomic mass is 16.5. The van der Waals surface area contributed by atoms with E-state index in [2.05, 4.69) is 32.1 Å². The summed E-state index contributed by atoms with van der Waals surface area (Å²) in [6, 6.07) is 10.2. The molecule has 0 fully saturated rings. The van der Waals surface area contributed by atoms with Crippen LogP contribution in [0.1, 0.15) is 19.4 Å². The van der Waals surface area contributed by atoms with Crippen LogP contribution in [0.5, 0.6) is 0 Å². The standard InChI is InChI=1S/C14H21NO/c1-12(2)14(11-15)16-10-6-9-13-7-4-3-5-8-13/h3-9,12,14H,10-11,15H2,1-2H3/b9-6+. The molecule has 0 aliphatic carbocycles. The molecule has 2 heteroatoms. The maximum atomic E-state index is 5.66. The zero-order chi connectivity index (χ0) is 11.8. The summed E-state index contributed by atoms with van der Waals surface area (Å²) < 4.78 is 5.66. The summed E-state index contributed by atoms with van der Waals surface area (Å²) in [6.45, 7) is 5.45. The molecule has 88 valence electrons. The van der Waals surface area contributed by atoms with Gasteiger partial charge in [0, 0.05) is 6.54 Å². The highest BCUT2D eigenvalue weighted by molar-refractivity contribution is 5.48. The molecule has 0 saturated carbocycles. The lowest BCUT2D eigenvalue weighted by Crippen LogP contribution is -2.28. The van der Waals surface area contributed by atoms with Crippen LogP contribution in [0.15, 0.2) is 36.4 Å². The van der Waals surface area contributed by atoms with Crippen molar-refractivity contribution in [1.29, 1.82) is 0 Å². The topological polar surface area (TPSA) is 35.2 Å². The highest BCUT2D eigenvalue weighted by Crippen LogP contribution is 2.05. The van der Waals surface area contributed by atoms with Crippen molar-refractivity contribution >= 4 is 6.08 Å². The van der Waals surface area contributed by atoms with Gasteiger partial charge in [-0.05, 0) is 11.5 Å². The minimum absolute atomic E-state index is 0.153. The SMILES string of the molecule is CC(C)C(CN)OC/C=C/c1ccccc1. The van der Waals surface area contributed by atoms with Crippen molar-refractivity contribution in [2.75, 3.05) is 13.2 Å². The average Bonchev–Trinajstić information content (AvgIpc) is 2.30. The lowest BCUT2D eigenvalue weighted by molar-refractivity contribution is 0.0473. The van der Waals surface area contributed by atoms with Gasteiger partial charge in [0.15, 0.2) is 0 Å². The van der Waals surface area contributed by atoms with E-state index in [1.165, 1.54) is 5.56 Å². The van der Waals surface area contributed by atoms with Gasteiger partial charge in [-0.25, -0.2) is 0 Å². The van der Waals surface area contributed by atoms with Crippen molar-refractivity contribution in [3.05, 3.63) is 42.0 Å². The van der Waals surface area contributed by atoms with Crippen molar-refractivity contribution in [3.63, 3.8) is 0 Å². The second-order valence-corrected chi connectivity index (χ2v) is 4.16. The number of benzene rings is 1. The van der Waals surface area contributed by atoms with Gasteiger partial charge >= 0.3 is 0 Å². The van der Waals surface area contributed by atoms with Crippen LogP contribution in [0.25, 0.3) is 6.08 Å². The van der Waals surface area contributed by atoms with Gasteiger partial charge in [-0.1, -0.05) is 56.3 Å². The summed E-state index contributed by atoms with van der Waals surface area (Å²) in [5.41, 5.74) is 6.81. The van der Waals surface area contributed by atoms with E-state index >= 15 is 0 Å². The van der Waals surface area contributed by atoms with Gasteiger partial charge < -0.3 is 10.5 Å². The third kappa shape index (κ3) is 4.60. The van der Waals surface area contributed by atoms with Crippen LogP contribution in [0.3, 0.4) is 0 Å². The van der Waals surface area contributed by atoms with Gasteiger partial charge in [-0.3, -0.25) is 0 Å². The summed E-state index contributed by atoms with van der Waals surface area (Å²) >= 11 is 0. The molecular formula is C14H21NO. The van der Waals surface area contributed by atoms with Crippen molar-refractivity contribution in [2.24, 2.45) is 11.7 Å². The van der Waals surface area contributed by atoms with Gasteiger partial charge in [0.1, 0.15) is 0 Å². The minimum atomic E-state index is 0.153.